The lowest BCUT2D eigenvalue weighted by atomic mass is 10.1. The zero-order valence-corrected chi connectivity index (χ0v) is 11.9. The smallest absolute Gasteiger partial charge is 0.192 e. The summed E-state index contributed by atoms with van der Waals surface area (Å²) in [7, 11) is -0.452. The zero-order chi connectivity index (χ0) is 13.1. The van der Waals surface area contributed by atoms with Crippen molar-refractivity contribution in [3.8, 4) is 0 Å². The van der Waals surface area contributed by atoms with Crippen molar-refractivity contribution in [3.63, 3.8) is 0 Å². The first-order valence-corrected chi connectivity index (χ1v) is 7.42. The lowest BCUT2D eigenvalue weighted by Gasteiger charge is -2.06. The van der Waals surface area contributed by atoms with Crippen molar-refractivity contribution in [2.24, 2.45) is 0 Å². The van der Waals surface area contributed by atoms with Crippen molar-refractivity contribution >= 4 is 10.9 Å². The Morgan fingerprint density at radius 3 is 2.00 bits per heavy atom. The molecule has 0 aliphatic heterocycles. The summed E-state index contributed by atoms with van der Waals surface area (Å²) in [5, 5.41) is 0. The van der Waals surface area contributed by atoms with Gasteiger partial charge in [-0.25, -0.2) is 0 Å². The number of hydrogen-bond acceptors (Lipinski definition) is 0. The van der Waals surface area contributed by atoms with Crippen molar-refractivity contribution in [1.82, 2.24) is 0 Å². The van der Waals surface area contributed by atoms with Crippen molar-refractivity contribution in [2.75, 3.05) is 6.01 Å². The van der Waals surface area contributed by atoms with Crippen LogP contribution in [0, 0.1) is 20.8 Å². The Hall–Kier alpha value is -1.28. The highest BCUT2D eigenvalue weighted by molar-refractivity contribution is 7.96. The number of halogens is 1. The van der Waals surface area contributed by atoms with Crippen LogP contribution in [0.25, 0.3) is 0 Å². The molecule has 94 valence electrons. The number of aryl methyl sites for hydroxylation is 3. The van der Waals surface area contributed by atoms with Crippen LogP contribution in [-0.4, -0.2) is 6.01 Å². The lowest BCUT2D eigenvalue weighted by Crippen LogP contribution is -2.06. The molecule has 0 spiro atoms. The SMILES string of the molecule is Cc1ccc([S+](CF)c2ccc(C)c(C)c2)cc1. The van der Waals surface area contributed by atoms with Crippen LogP contribution in [0.4, 0.5) is 4.39 Å². The average molecular weight is 261 g/mol. The van der Waals surface area contributed by atoms with Gasteiger partial charge in [0.2, 0.25) is 0 Å². The molecule has 0 nitrogen and oxygen atoms in total. The first-order chi connectivity index (χ1) is 8.61. The Bertz CT molecular complexity index is 531. The van der Waals surface area contributed by atoms with E-state index in [1.807, 2.05) is 37.3 Å². The van der Waals surface area contributed by atoms with E-state index in [0.717, 1.165) is 9.79 Å². The largest absolute Gasteiger partial charge is 0.256 e. The first-order valence-electron chi connectivity index (χ1n) is 6.02. The Balaban J connectivity index is 2.38. The Morgan fingerprint density at radius 2 is 1.44 bits per heavy atom. The first kappa shape index (κ1) is 13.2. The van der Waals surface area contributed by atoms with Crippen molar-refractivity contribution < 1.29 is 4.39 Å². The molecule has 0 aromatic heterocycles. The molecule has 0 fully saturated rings. The summed E-state index contributed by atoms with van der Waals surface area (Å²) in [5.74, 6) is 0. The fourth-order valence-corrected chi connectivity index (χ4v) is 3.37. The van der Waals surface area contributed by atoms with Gasteiger partial charge in [0.05, 0.1) is 10.9 Å². The molecular formula is C16H18FS+. The van der Waals surface area contributed by atoms with Gasteiger partial charge in [0.1, 0.15) is 0 Å². The van der Waals surface area contributed by atoms with Gasteiger partial charge in [-0.3, -0.25) is 0 Å². The second kappa shape index (κ2) is 5.57. The molecule has 0 aliphatic carbocycles. The van der Waals surface area contributed by atoms with Gasteiger partial charge < -0.3 is 0 Å². The maximum atomic E-state index is 13.4. The van der Waals surface area contributed by atoms with E-state index in [0.29, 0.717) is 0 Å². The topological polar surface area (TPSA) is 0 Å². The van der Waals surface area contributed by atoms with Gasteiger partial charge in [0.25, 0.3) is 6.01 Å². The van der Waals surface area contributed by atoms with Crippen LogP contribution in [0.15, 0.2) is 52.3 Å². The monoisotopic (exact) mass is 261 g/mol. The molecule has 0 bridgehead atoms. The Morgan fingerprint density at radius 1 is 0.833 bits per heavy atom. The summed E-state index contributed by atoms with van der Waals surface area (Å²) in [6.07, 6.45) is 0. The maximum Gasteiger partial charge on any atom is 0.256 e. The van der Waals surface area contributed by atoms with Crippen molar-refractivity contribution in [3.05, 3.63) is 59.2 Å². The number of rotatable bonds is 3. The highest BCUT2D eigenvalue weighted by Gasteiger charge is 2.25. The second-order valence-corrected chi connectivity index (χ2v) is 6.50. The predicted molar refractivity (Wildman–Crippen MR) is 77.0 cm³/mol. The van der Waals surface area contributed by atoms with Crippen LogP contribution >= 0.6 is 0 Å². The molecule has 0 radical (unpaired) electrons. The molecule has 1 atom stereocenters. The number of hydrogen-bond donors (Lipinski definition) is 0. The highest BCUT2D eigenvalue weighted by Crippen LogP contribution is 2.25. The van der Waals surface area contributed by atoms with E-state index < -0.39 is 10.9 Å². The molecule has 2 aromatic carbocycles. The molecule has 2 rings (SSSR count). The summed E-state index contributed by atoms with van der Waals surface area (Å²) >= 11 is 0. The van der Waals surface area contributed by atoms with Crippen LogP contribution in [0.1, 0.15) is 16.7 Å². The molecule has 0 saturated carbocycles. The van der Waals surface area contributed by atoms with Crippen LogP contribution in [-0.2, 0) is 10.9 Å². The zero-order valence-electron chi connectivity index (χ0n) is 11.0. The van der Waals surface area contributed by atoms with Gasteiger partial charge in [0.15, 0.2) is 9.79 Å². The third kappa shape index (κ3) is 2.75. The maximum absolute atomic E-state index is 13.4. The summed E-state index contributed by atoms with van der Waals surface area (Å²) < 4.78 is 13.4. The molecule has 0 heterocycles. The molecule has 0 N–H and O–H groups in total. The molecule has 0 amide bonds. The molecule has 0 aliphatic rings. The molecule has 18 heavy (non-hydrogen) atoms. The van der Waals surface area contributed by atoms with Crippen molar-refractivity contribution in [1.29, 1.82) is 0 Å². The normalized spacial score (nSPS) is 12.4. The van der Waals surface area contributed by atoms with E-state index in [1.165, 1.54) is 16.7 Å². The van der Waals surface area contributed by atoms with E-state index >= 15 is 0 Å². The van der Waals surface area contributed by atoms with Gasteiger partial charge in [-0.05, 0) is 56.2 Å². The fraction of sp³-hybridized carbons (Fsp3) is 0.250. The van der Waals surface area contributed by atoms with Crippen molar-refractivity contribution in [2.45, 2.75) is 30.6 Å². The summed E-state index contributed by atoms with van der Waals surface area (Å²) in [5.41, 5.74) is 3.69. The molecule has 2 aromatic rings. The minimum Gasteiger partial charge on any atom is -0.192 e. The Kier molecular flexibility index (Phi) is 4.07. The van der Waals surface area contributed by atoms with E-state index in [9.17, 15) is 4.39 Å². The second-order valence-electron chi connectivity index (χ2n) is 4.56. The van der Waals surface area contributed by atoms with E-state index in [1.54, 1.807) is 0 Å². The number of benzene rings is 2. The van der Waals surface area contributed by atoms with Crippen LogP contribution < -0.4 is 0 Å². The van der Waals surface area contributed by atoms with Crippen LogP contribution in [0.5, 0.6) is 0 Å². The quantitative estimate of drug-likeness (QED) is 0.710. The molecule has 2 heteroatoms. The summed E-state index contributed by atoms with van der Waals surface area (Å²) in [6.45, 7) is 6.21. The Labute approximate surface area is 111 Å². The minimum absolute atomic E-state index is 0.328. The lowest BCUT2D eigenvalue weighted by molar-refractivity contribution is 0.600. The van der Waals surface area contributed by atoms with E-state index in [-0.39, 0.29) is 6.01 Å². The highest BCUT2D eigenvalue weighted by atomic mass is 32.2. The van der Waals surface area contributed by atoms with Gasteiger partial charge in [-0.2, -0.15) is 4.39 Å². The standard InChI is InChI=1S/C16H18FS/c1-12-4-7-15(8-5-12)18(11-17)16-9-6-13(2)14(3)10-16/h4-10H,11H2,1-3H3/q+1. The average Bonchev–Trinajstić information content (AvgIpc) is 2.37. The molecule has 1 unspecified atom stereocenters. The third-order valence-corrected chi connectivity index (χ3v) is 5.06. The number of alkyl halides is 1. The van der Waals surface area contributed by atoms with Gasteiger partial charge in [0, 0.05) is 0 Å². The van der Waals surface area contributed by atoms with Crippen LogP contribution in [0.2, 0.25) is 0 Å². The molecule has 0 saturated heterocycles. The summed E-state index contributed by atoms with van der Waals surface area (Å²) in [6, 6.07) is 14.1. The summed E-state index contributed by atoms with van der Waals surface area (Å²) in [4.78, 5) is 2.16. The molecular weight excluding hydrogens is 243 g/mol. The van der Waals surface area contributed by atoms with E-state index in [4.69, 9.17) is 0 Å². The van der Waals surface area contributed by atoms with Gasteiger partial charge in [-0.1, -0.05) is 23.8 Å². The third-order valence-electron chi connectivity index (χ3n) is 3.18. The fourth-order valence-electron chi connectivity index (χ4n) is 1.83. The van der Waals surface area contributed by atoms with Gasteiger partial charge in [-0.15, -0.1) is 0 Å². The predicted octanol–water partition coefficient (Wildman–Crippen LogP) is 4.58. The minimum atomic E-state index is -0.452. The van der Waals surface area contributed by atoms with Crippen LogP contribution in [0.3, 0.4) is 0 Å². The van der Waals surface area contributed by atoms with E-state index in [2.05, 4.69) is 26.0 Å². The van der Waals surface area contributed by atoms with Gasteiger partial charge >= 0.3 is 0 Å².